The van der Waals surface area contributed by atoms with Crippen molar-refractivity contribution in [1.82, 2.24) is 14.3 Å². The number of aryl methyl sites for hydroxylation is 1. The van der Waals surface area contributed by atoms with Crippen LogP contribution in [0.2, 0.25) is 0 Å². The first kappa shape index (κ1) is 21.7. The van der Waals surface area contributed by atoms with Crippen LogP contribution in [0.25, 0.3) is 27.2 Å². The van der Waals surface area contributed by atoms with E-state index >= 15 is 0 Å². The van der Waals surface area contributed by atoms with Crippen LogP contribution >= 0.6 is 11.3 Å². The molecule has 0 saturated carbocycles. The van der Waals surface area contributed by atoms with Gasteiger partial charge >= 0.3 is 0 Å². The number of fused-ring (bicyclic) bond motifs is 1. The van der Waals surface area contributed by atoms with Crippen molar-refractivity contribution in [3.8, 4) is 28.4 Å². The van der Waals surface area contributed by atoms with E-state index < -0.39 is 0 Å². The highest BCUT2D eigenvalue weighted by molar-refractivity contribution is 7.16. The summed E-state index contributed by atoms with van der Waals surface area (Å²) < 4.78 is 15.9. The summed E-state index contributed by atoms with van der Waals surface area (Å²) in [5, 5.41) is 13.7. The lowest BCUT2D eigenvalue weighted by Crippen LogP contribution is -2.08. The number of hydrogen-bond donors (Lipinski definition) is 0. The first-order chi connectivity index (χ1) is 16.7. The molecule has 0 spiro atoms. The van der Waals surface area contributed by atoms with Crippen molar-refractivity contribution in [3.05, 3.63) is 89.4 Å². The van der Waals surface area contributed by atoms with Crippen LogP contribution < -0.4 is 14.3 Å². The maximum atomic E-state index is 5.50. The molecule has 0 atom stereocenters. The molecule has 2 heterocycles. The molecule has 34 heavy (non-hydrogen) atoms. The average molecular weight is 470 g/mol. The Morgan fingerprint density at radius 2 is 1.68 bits per heavy atom. The smallest absolute Gasteiger partial charge is 0.211 e. The van der Waals surface area contributed by atoms with Gasteiger partial charge in [0.25, 0.3) is 0 Å². The average Bonchev–Trinajstić information content (AvgIpc) is 3.45. The van der Waals surface area contributed by atoms with E-state index in [2.05, 4.69) is 22.3 Å². The fraction of sp³-hybridized carbons (Fsp3) is 0.115. The predicted octanol–water partition coefficient (Wildman–Crippen LogP) is 5.04. The lowest BCUT2D eigenvalue weighted by atomic mass is 10.1. The Morgan fingerprint density at radius 3 is 2.44 bits per heavy atom. The third-order valence-electron chi connectivity index (χ3n) is 5.48. The number of benzene rings is 3. The molecule has 0 radical (unpaired) electrons. The number of methoxy groups -OCH3 is 2. The highest BCUT2D eigenvalue weighted by Gasteiger charge is 2.14. The van der Waals surface area contributed by atoms with E-state index in [0.29, 0.717) is 11.5 Å². The predicted molar refractivity (Wildman–Crippen MR) is 136 cm³/mol. The molecule has 0 saturated heterocycles. The normalized spacial score (nSPS) is 12.0. The minimum absolute atomic E-state index is 0.638. The second kappa shape index (κ2) is 9.36. The van der Waals surface area contributed by atoms with Crippen LogP contribution in [0.5, 0.6) is 11.5 Å². The van der Waals surface area contributed by atoms with Crippen LogP contribution in [-0.2, 0) is 7.05 Å². The second-order valence-electron chi connectivity index (χ2n) is 7.54. The molecule has 0 aliphatic rings. The molecule has 0 amide bonds. The largest absolute Gasteiger partial charge is 0.493 e. The highest BCUT2D eigenvalue weighted by atomic mass is 32.1. The van der Waals surface area contributed by atoms with Gasteiger partial charge in [-0.25, -0.2) is 4.68 Å². The Hall–Kier alpha value is -4.17. The lowest BCUT2D eigenvalue weighted by molar-refractivity contribution is 0.355. The van der Waals surface area contributed by atoms with Gasteiger partial charge in [-0.15, -0.1) is 5.10 Å². The van der Waals surface area contributed by atoms with Gasteiger partial charge < -0.3 is 14.0 Å². The molecule has 0 N–H and O–H groups in total. The Labute approximate surface area is 200 Å². The molecule has 2 aromatic heterocycles. The molecule has 3 aromatic carbocycles. The van der Waals surface area contributed by atoms with E-state index in [0.717, 1.165) is 32.8 Å². The van der Waals surface area contributed by atoms with Crippen molar-refractivity contribution in [2.24, 2.45) is 17.3 Å². The summed E-state index contributed by atoms with van der Waals surface area (Å²) in [5.74, 6) is 1.30. The van der Waals surface area contributed by atoms with E-state index in [1.807, 2.05) is 83.2 Å². The summed E-state index contributed by atoms with van der Waals surface area (Å²) >= 11 is 1.60. The number of hydrogen-bond acceptors (Lipinski definition) is 6. The number of aromatic nitrogens is 3. The van der Waals surface area contributed by atoms with Crippen LogP contribution in [0.1, 0.15) is 5.56 Å². The highest BCUT2D eigenvalue weighted by Crippen LogP contribution is 2.33. The minimum Gasteiger partial charge on any atom is -0.493 e. The first-order valence-electron chi connectivity index (χ1n) is 10.7. The Kier molecular flexibility index (Phi) is 5.97. The Balaban J connectivity index is 1.59. The fourth-order valence-electron chi connectivity index (χ4n) is 3.72. The molecular formula is C26H23N5O2S. The quantitative estimate of drug-likeness (QED) is 0.258. The summed E-state index contributed by atoms with van der Waals surface area (Å²) in [6.45, 7) is 0. The van der Waals surface area contributed by atoms with Gasteiger partial charge in [0.15, 0.2) is 11.5 Å². The van der Waals surface area contributed by atoms with Gasteiger partial charge in [-0.3, -0.25) is 0 Å². The number of rotatable bonds is 6. The van der Waals surface area contributed by atoms with Crippen LogP contribution in [-0.4, -0.2) is 34.8 Å². The molecule has 0 fully saturated rings. The maximum Gasteiger partial charge on any atom is 0.211 e. The molecule has 5 rings (SSSR count). The first-order valence-corrected chi connectivity index (χ1v) is 11.5. The van der Waals surface area contributed by atoms with Crippen LogP contribution in [0.15, 0.2) is 89.2 Å². The molecule has 8 heteroatoms. The third-order valence-corrected chi connectivity index (χ3v) is 6.58. The van der Waals surface area contributed by atoms with E-state index in [1.54, 1.807) is 31.8 Å². The number of para-hydroxylation sites is 2. The molecule has 0 aliphatic heterocycles. The van der Waals surface area contributed by atoms with Gasteiger partial charge in [0.2, 0.25) is 4.80 Å². The SMILES string of the molecule is COc1ccc(-c2nn(-c3ccccc3)cc2C=NN=c2sc3ccccc3n2C)cc1OC. The topological polar surface area (TPSA) is 65.9 Å². The summed E-state index contributed by atoms with van der Waals surface area (Å²) in [7, 11) is 5.24. The van der Waals surface area contributed by atoms with Crippen LogP contribution in [0, 0.1) is 0 Å². The number of ether oxygens (including phenoxy) is 2. The lowest BCUT2D eigenvalue weighted by Gasteiger charge is -2.08. The fourth-order valence-corrected chi connectivity index (χ4v) is 4.70. The van der Waals surface area contributed by atoms with Crippen LogP contribution in [0.4, 0.5) is 0 Å². The van der Waals surface area contributed by atoms with Gasteiger partial charge in [-0.2, -0.15) is 10.2 Å². The molecule has 0 unspecified atom stereocenters. The zero-order chi connectivity index (χ0) is 23.5. The summed E-state index contributed by atoms with van der Waals surface area (Å²) in [4.78, 5) is 0.820. The summed E-state index contributed by atoms with van der Waals surface area (Å²) in [5.41, 5.74) is 4.58. The molecular weight excluding hydrogens is 446 g/mol. The molecule has 170 valence electrons. The minimum atomic E-state index is 0.638. The van der Waals surface area contributed by atoms with Gasteiger partial charge in [0.05, 0.1) is 36.3 Å². The van der Waals surface area contributed by atoms with Crippen molar-refractivity contribution in [2.45, 2.75) is 0 Å². The Morgan fingerprint density at radius 1 is 0.912 bits per heavy atom. The van der Waals surface area contributed by atoms with E-state index in [1.165, 1.54) is 4.70 Å². The van der Waals surface area contributed by atoms with E-state index in [4.69, 9.17) is 14.6 Å². The van der Waals surface area contributed by atoms with Crippen molar-refractivity contribution in [3.63, 3.8) is 0 Å². The standard InChI is InChI=1S/C26H23N5O2S/c1-30-21-11-7-8-12-24(21)34-26(30)28-27-16-19-17-31(20-9-5-4-6-10-20)29-25(19)18-13-14-22(32-2)23(15-18)33-3/h4-17H,1-3H3. The zero-order valence-corrected chi connectivity index (χ0v) is 19.9. The van der Waals surface area contributed by atoms with Gasteiger partial charge in [0.1, 0.15) is 5.69 Å². The summed E-state index contributed by atoms with van der Waals surface area (Å²) in [6, 6.07) is 23.9. The summed E-state index contributed by atoms with van der Waals surface area (Å²) in [6.07, 6.45) is 3.69. The molecule has 0 aliphatic carbocycles. The Bertz CT molecular complexity index is 1550. The zero-order valence-electron chi connectivity index (χ0n) is 19.0. The van der Waals surface area contributed by atoms with Crippen molar-refractivity contribution < 1.29 is 9.47 Å². The van der Waals surface area contributed by atoms with E-state index in [-0.39, 0.29) is 0 Å². The number of thiazole rings is 1. The maximum absolute atomic E-state index is 5.50. The third kappa shape index (κ3) is 4.11. The van der Waals surface area contributed by atoms with E-state index in [9.17, 15) is 0 Å². The monoisotopic (exact) mass is 469 g/mol. The molecule has 0 bridgehead atoms. The van der Waals surface area contributed by atoms with Crippen LogP contribution in [0.3, 0.4) is 0 Å². The van der Waals surface area contributed by atoms with Gasteiger partial charge in [-0.05, 0) is 42.5 Å². The number of nitrogens with zero attached hydrogens (tertiary/aromatic N) is 5. The molecule has 7 nitrogen and oxygen atoms in total. The second-order valence-corrected chi connectivity index (χ2v) is 8.55. The van der Waals surface area contributed by atoms with Crippen molar-refractivity contribution >= 4 is 27.8 Å². The van der Waals surface area contributed by atoms with Gasteiger partial charge in [0, 0.05) is 24.4 Å². The molecule has 5 aromatic rings. The van der Waals surface area contributed by atoms with Crippen molar-refractivity contribution in [2.75, 3.05) is 14.2 Å². The van der Waals surface area contributed by atoms with Crippen molar-refractivity contribution in [1.29, 1.82) is 0 Å². The van der Waals surface area contributed by atoms with Gasteiger partial charge in [-0.1, -0.05) is 41.7 Å².